The number of hydrogen-bond acceptors (Lipinski definition) is 5. The summed E-state index contributed by atoms with van der Waals surface area (Å²) >= 11 is 6.26. The van der Waals surface area contributed by atoms with Crippen molar-refractivity contribution < 1.29 is 9.59 Å². The second-order valence-electron chi connectivity index (χ2n) is 6.96. The number of nitrogens with zero attached hydrogens (tertiary/aromatic N) is 2. The molecule has 2 aromatic rings. The third-order valence-electron chi connectivity index (χ3n) is 4.87. The number of nitriles is 1. The predicted octanol–water partition coefficient (Wildman–Crippen LogP) is 2.21. The summed E-state index contributed by atoms with van der Waals surface area (Å²) in [6, 6.07) is 17.2. The molecule has 0 radical (unpaired) electrons. The van der Waals surface area contributed by atoms with E-state index in [0.29, 0.717) is 31.1 Å². The topological polar surface area (TPSA) is 111 Å². The van der Waals surface area contributed by atoms with Crippen molar-refractivity contribution in [1.29, 1.82) is 5.26 Å². The molecule has 0 fully saturated rings. The summed E-state index contributed by atoms with van der Waals surface area (Å²) in [6.45, 7) is 1.32. The van der Waals surface area contributed by atoms with Crippen LogP contribution in [0, 0.1) is 11.5 Å². The molecule has 31 heavy (non-hydrogen) atoms. The van der Waals surface area contributed by atoms with E-state index in [4.69, 9.17) is 22.6 Å². The Kier molecular flexibility index (Phi) is 7.31. The van der Waals surface area contributed by atoms with Gasteiger partial charge in [-0.1, -0.05) is 60.1 Å². The van der Waals surface area contributed by atoms with Crippen molar-refractivity contribution >= 4 is 23.4 Å². The number of rotatable bonds is 8. The highest BCUT2D eigenvalue weighted by Gasteiger charge is 2.28. The van der Waals surface area contributed by atoms with E-state index in [2.05, 4.69) is 10.6 Å². The van der Waals surface area contributed by atoms with Gasteiger partial charge in [0.25, 0.3) is 11.8 Å². The lowest BCUT2D eigenvalue weighted by atomic mass is 10.0. The molecule has 3 rings (SSSR count). The van der Waals surface area contributed by atoms with Crippen LogP contribution in [0.2, 0.25) is 5.02 Å². The van der Waals surface area contributed by atoms with Crippen molar-refractivity contribution in [1.82, 2.24) is 15.5 Å². The van der Waals surface area contributed by atoms with Gasteiger partial charge in [0.2, 0.25) is 0 Å². The van der Waals surface area contributed by atoms with Crippen LogP contribution in [0.4, 0.5) is 0 Å². The van der Waals surface area contributed by atoms with Crippen molar-refractivity contribution in [2.24, 2.45) is 5.73 Å². The van der Waals surface area contributed by atoms with Crippen molar-refractivity contribution in [3.8, 4) is 6.19 Å². The largest absolute Gasteiger partial charge is 0.383 e. The van der Waals surface area contributed by atoms with Gasteiger partial charge in [-0.05, 0) is 29.7 Å². The van der Waals surface area contributed by atoms with E-state index in [1.165, 1.54) is 0 Å². The lowest BCUT2D eigenvalue weighted by Crippen LogP contribution is -2.42. The van der Waals surface area contributed by atoms with E-state index in [1.807, 2.05) is 48.5 Å². The number of nitrogens with two attached hydrogens (primary N) is 1. The summed E-state index contributed by atoms with van der Waals surface area (Å²) in [6.07, 6.45) is 3.73. The normalized spacial score (nSPS) is 13.3. The fourth-order valence-electron chi connectivity index (χ4n) is 3.39. The van der Waals surface area contributed by atoms with Crippen LogP contribution < -0.4 is 16.4 Å². The van der Waals surface area contributed by atoms with Crippen LogP contribution >= 0.6 is 11.6 Å². The molecular formula is C23H22ClN5O2. The van der Waals surface area contributed by atoms with Crippen molar-refractivity contribution in [2.45, 2.75) is 13.0 Å². The zero-order chi connectivity index (χ0) is 22.2. The number of hydrogen-bond donors (Lipinski definition) is 3. The molecule has 2 aromatic carbocycles. The summed E-state index contributed by atoms with van der Waals surface area (Å²) in [5.74, 6) is -1.42. The Morgan fingerprint density at radius 3 is 2.52 bits per heavy atom. The van der Waals surface area contributed by atoms with E-state index >= 15 is 0 Å². The molecule has 0 spiro atoms. The van der Waals surface area contributed by atoms with Gasteiger partial charge < -0.3 is 16.0 Å². The van der Waals surface area contributed by atoms with Crippen LogP contribution in [0.1, 0.15) is 11.1 Å². The Hall–Kier alpha value is -3.76. The number of carbonyl (C=O) groups is 2. The van der Waals surface area contributed by atoms with Gasteiger partial charge in [0.1, 0.15) is 5.70 Å². The molecular weight excluding hydrogens is 414 g/mol. The first-order chi connectivity index (χ1) is 15.0. The molecule has 8 heteroatoms. The first-order valence-corrected chi connectivity index (χ1v) is 10.1. The molecule has 0 bridgehead atoms. The average molecular weight is 436 g/mol. The molecule has 1 aliphatic heterocycles. The Labute approximate surface area is 185 Å². The van der Waals surface area contributed by atoms with Gasteiger partial charge in [0, 0.05) is 23.8 Å². The molecule has 4 N–H and O–H groups in total. The minimum Gasteiger partial charge on any atom is -0.383 e. The Balaban J connectivity index is 1.87. The first kappa shape index (κ1) is 21.9. The highest BCUT2D eigenvalue weighted by molar-refractivity contribution is 6.31. The Bertz CT molecular complexity index is 1070. The summed E-state index contributed by atoms with van der Waals surface area (Å²) < 4.78 is 0. The molecule has 0 aromatic heterocycles. The third-order valence-corrected chi connectivity index (χ3v) is 5.24. The van der Waals surface area contributed by atoms with Crippen LogP contribution in [-0.4, -0.2) is 29.8 Å². The maximum Gasteiger partial charge on any atom is 0.266 e. The zero-order valence-corrected chi connectivity index (χ0v) is 17.5. The van der Waals surface area contributed by atoms with Gasteiger partial charge in [0.15, 0.2) is 6.19 Å². The fraction of sp³-hybridized carbons (Fsp3) is 0.174. The minimum absolute atomic E-state index is 0.0509. The minimum atomic E-state index is -0.736. The van der Waals surface area contributed by atoms with Gasteiger partial charge in [-0.2, -0.15) is 5.26 Å². The van der Waals surface area contributed by atoms with Crippen LogP contribution in [0.3, 0.4) is 0 Å². The van der Waals surface area contributed by atoms with Crippen LogP contribution in [0.5, 0.6) is 0 Å². The molecule has 0 atom stereocenters. The van der Waals surface area contributed by atoms with Gasteiger partial charge >= 0.3 is 0 Å². The second-order valence-corrected chi connectivity index (χ2v) is 7.37. The number of primary amides is 1. The molecule has 0 aliphatic carbocycles. The smallest absolute Gasteiger partial charge is 0.266 e. The summed E-state index contributed by atoms with van der Waals surface area (Å²) in [5.41, 5.74) is 8.46. The fourth-order valence-corrected chi connectivity index (χ4v) is 3.62. The summed E-state index contributed by atoms with van der Waals surface area (Å²) in [5, 5.41) is 14.9. The van der Waals surface area contributed by atoms with Crippen LogP contribution in [-0.2, 0) is 22.6 Å². The summed E-state index contributed by atoms with van der Waals surface area (Å²) in [7, 11) is 0. The van der Waals surface area contributed by atoms with Gasteiger partial charge in [0.05, 0.1) is 12.1 Å². The SMILES string of the molecule is N#CNC(=O)C1=C(C(N)=O)N(CCc2ccccc2Cl)CC(NCc2ccccc2)=C1. The maximum atomic E-state index is 12.5. The number of halogens is 1. The molecule has 1 heterocycles. The van der Waals surface area contributed by atoms with E-state index in [0.717, 1.165) is 16.8 Å². The summed E-state index contributed by atoms with van der Waals surface area (Å²) in [4.78, 5) is 26.5. The van der Waals surface area contributed by atoms with Crippen molar-refractivity contribution in [2.75, 3.05) is 13.1 Å². The Morgan fingerprint density at radius 1 is 1.13 bits per heavy atom. The second kappa shape index (κ2) is 10.3. The lowest BCUT2D eigenvalue weighted by molar-refractivity contribution is -0.119. The average Bonchev–Trinajstić information content (AvgIpc) is 2.77. The van der Waals surface area contributed by atoms with Crippen LogP contribution in [0.25, 0.3) is 0 Å². The number of amides is 2. The zero-order valence-electron chi connectivity index (χ0n) is 16.8. The van der Waals surface area contributed by atoms with E-state index in [1.54, 1.807) is 23.2 Å². The molecule has 7 nitrogen and oxygen atoms in total. The lowest BCUT2D eigenvalue weighted by Gasteiger charge is -2.32. The molecule has 2 amide bonds. The number of benzene rings is 2. The van der Waals surface area contributed by atoms with Gasteiger partial charge in [-0.15, -0.1) is 0 Å². The van der Waals surface area contributed by atoms with E-state index in [-0.39, 0.29) is 11.3 Å². The van der Waals surface area contributed by atoms with Crippen LogP contribution in [0.15, 0.2) is 77.6 Å². The van der Waals surface area contributed by atoms with Gasteiger partial charge in [-0.3, -0.25) is 14.9 Å². The molecule has 0 saturated heterocycles. The first-order valence-electron chi connectivity index (χ1n) is 9.70. The highest BCUT2D eigenvalue weighted by atomic mass is 35.5. The van der Waals surface area contributed by atoms with Crippen molar-refractivity contribution in [3.63, 3.8) is 0 Å². The molecule has 158 valence electrons. The monoisotopic (exact) mass is 435 g/mol. The predicted molar refractivity (Wildman–Crippen MR) is 118 cm³/mol. The van der Waals surface area contributed by atoms with Crippen molar-refractivity contribution in [3.05, 3.63) is 93.8 Å². The third kappa shape index (κ3) is 5.65. The standard InChI is InChI=1S/C23H22ClN5O2/c24-20-9-5-4-8-17(20)10-11-29-14-18(27-13-16-6-2-1-3-7-16)12-19(21(29)22(26)30)23(31)28-15-25/h1-9,12,27H,10-11,13-14H2,(H2,26,30)(H,28,31). The number of nitrogens with one attached hydrogen (secondary N) is 2. The van der Waals surface area contributed by atoms with E-state index < -0.39 is 11.8 Å². The van der Waals surface area contributed by atoms with Gasteiger partial charge in [-0.25, -0.2) is 0 Å². The highest BCUT2D eigenvalue weighted by Crippen LogP contribution is 2.23. The molecule has 0 unspecified atom stereocenters. The molecule has 0 saturated carbocycles. The maximum absolute atomic E-state index is 12.5. The Morgan fingerprint density at radius 2 is 1.84 bits per heavy atom. The quantitative estimate of drug-likeness (QED) is 0.435. The molecule has 1 aliphatic rings. The van der Waals surface area contributed by atoms with E-state index in [9.17, 15) is 9.59 Å². The number of carbonyl (C=O) groups excluding carboxylic acids is 2.